The Balaban J connectivity index is 2.43. The Morgan fingerprint density at radius 3 is 2.50 bits per heavy atom. The Morgan fingerprint density at radius 1 is 1.33 bits per heavy atom. The Bertz CT molecular complexity index is 453. The summed E-state index contributed by atoms with van der Waals surface area (Å²) in [7, 11) is 0. The van der Waals surface area contributed by atoms with Gasteiger partial charge in [0.15, 0.2) is 0 Å². The maximum atomic E-state index is 11.7. The second kappa shape index (κ2) is 5.66. The van der Waals surface area contributed by atoms with Crippen molar-refractivity contribution in [3.8, 4) is 0 Å². The highest BCUT2D eigenvalue weighted by molar-refractivity contribution is 9.10. The first-order valence-electron chi connectivity index (χ1n) is 6.17. The van der Waals surface area contributed by atoms with Crippen LogP contribution >= 0.6 is 27.7 Å². The zero-order chi connectivity index (χ0) is 13.2. The van der Waals surface area contributed by atoms with Gasteiger partial charge in [0.25, 0.3) is 0 Å². The fourth-order valence-corrected chi connectivity index (χ4v) is 4.07. The number of carboxylic acids is 1. The van der Waals surface area contributed by atoms with Crippen LogP contribution in [0.2, 0.25) is 0 Å². The average Bonchev–Trinajstić information content (AvgIpc) is 2.39. The third kappa shape index (κ3) is 2.45. The summed E-state index contributed by atoms with van der Waals surface area (Å²) in [6.07, 6.45) is 6.70. The fraction of sp³-hybridized carbons (Fsp3) is 0.500. The van der Waals surface area contributed by atoms with Gasteiger partial charge < -0.3 is 5.11 Å². The minimum absolute atomic E-state index is 0.669. The second-order valence-electron chi connectivity index (χ2n) is 4.80. The predicted molar refractivity (Wildman–Crippen MR) is 78.3 cm³/mol. The molecule has 0 spiro atoms. The number of aliphatic carboxylic acids is 1. The lowest BCUT2D eigenvalue weighted by Crippen LogP contribution is -2.37. The molecule has 1 aromatic carbocycles. The van der Waals surface area contributed by atoms with Gasteiger partial charge in [-0.3, -0.25) is 4.79 Å². The maximum absolute atomic E-state index is 11.7. The first kappa shape index (κ1) is 13.9. The zero-order valence-corrected chi connectivity index (χ0v) is 12.8. The fourth-order valence-electron chi connectivity index (χ4n) is 2.75. The summed E-state index contributed by atoms with van der Waals surface area (Å²) in [5.41, 5.74) is 0.275. The molecule has 0 aliphatic heterocycles. The molecule has 2 nitrogen and oxygen atoms in total. The van der Waals surface area contributed by atoms with Crippen molar-refractivity contribution in [2.24, 2.45) is 0 Å². The lowest BCUT2D eigenvalue weighted by Gasteiger charge is -2.33. The van der Waals surface area contributed by atoms with Crippen LogP contribution in [0, 0.1) is 0 Å². The first-order valence-corrected chi connectivity index (χ1v) is 8.19. The summed E-state index contributed by atoms with van der Waals surface area (Å²) in [6, 6.07) is 5.99. The van der Waals surface area contributed by atoms with Crippen LogP contribution in [0.3, 0.4) is 0 Å². The van der Waals surface area contributed by atoms with Crippen molar-refractivity contribution in [1.29, 1.82) is 0 Å². The standard InChI is InChI=1S/C14H17BrO2S/c1-18-12-6-5-10(9-11(12)15)14(13(16)17)7-3-2-4-8-14/h5-6,9H,2-4,7-8H2,1H3,(H,16,17). The van der Waals surface area contributed by atoms with Crippen molar-refractivity contribution in [2.75, 3.05) is 6.26 Å². The predicted octanol–water partition coefficient (Wildman–Crippen LogP) is 4.46. The smallest absolute Gasteiger partial charge is 0.314 e. The summed E-state index contributed by atoms with van der Waals surface area (Å²) in [6.45, 7) is 0. The molecule has 18 heavy (non-hydrogen) atoms. The summed E-state index contributed by atoms with van der Waals surface area (Å²) < 4.78 is 0.999. The molecule has 0 saturated heterocycles. The number of thioether (sulfide) groups is 1. The van der Waals surface area contributed by atoms with Gasteiger partial charge in [0.1, 0.15) is 0 Å². The van der Waals surface area contributed by atoms with E-state index in [0.717, 1.165) is 47.0 Å². The van der Waals surface area contributed by atoms with Crippen molar-refractivity contribution in [1.82, 2.24) is 0 Å². The highest BCUT2D eigenvalue weighted by Gasteiger charge is 2.41. The third-order valence-corrected chi connectivity index (χ3v) is 5.54. The SMILES string of the molecule is CSc1ccc(C2(C(=O)O)CCCCC2)cc1Br. The second-order valence-corrected chi connectivity index (χ2v) is 6.50. The van der Waals surface area contributed by atoms with E-state index in [-0.39, 0.29) is 0 Å². The monoisotopic (exact) mass is 328 g/mol. The summed E-state index contributed by atoms with van der Waals surface area (Å²) in [5, 5.41) is 9.64. The van der Waals surface area contributed by atoms with E-state index in [0.29, 0.717) is 0 Å². The van der Waals surface area contributed by atoms with Gasteiger partial charge in [0.2, 0.25) is 0 Å². The van der Waals surface area contributed by atoms with Gasteiger partial charge in [0.05, 0.1) is 5.41 Å². The molecule has 0 radical (unpaired) electrons. The zero-order valence-electron chi connectivity index (χ0n) is 10.4. The normalized spacial score (nSPS) is 18.6. The minimum atomic E-state index is -0.675. The molecule has 0 aromatic heterocycles. The topological polar surface area (TPSA) is 37.3 Å². The van der Waals surface area contributed by atoms with Crippen molar-refractivity contribution < 1.29 is 9.90 Å². The Hall–Kier alpha value is -0.480. The van der Waals surface area contributed by atoms with Crippen LogP contribution < -0.4 is 0 Å². The number of rotatable bonds is 3. The number of hydrogen-bond acceptors (Lipinski definition) is 2. The summed E-state index contributed by atoms with van der Waals surface area (Å²) in [5.74, 6) is -0.675. The van der Waals surface area contributed by atoms with E-state index in [2.05, 4.69) is 15.9 Å². The van der Waals surface area contributed by atoms with Gasteiger partial charge in [-0.15, -0.1) is 11.8 Å². The molecule has 1 aromatic rings. The number of halogens is 1. The molecule has 0 bridgehead atoms. The number of benzene rings is 1. The van der Waals surface area contributed by atoms with E-state index in [9.17, 15) is 9.90 Å². The number of carboxylic acid groups (broad SMARTS) is 1. The van der Waals surface area contributed by atoms with Gasteiger partial charge in [-0.2, -0.15) is 0 Å². The molecular weight excluding hydrogens is 312 g/mol. The molecule has 0 unspecified atom stereocenters. The van der Waals surface area contributed by atoms with Crippen LogP contribution in [0.25, 0.3) is 0 Å². The van der Waals surface area contributed by atoms with E-state index >= 15 is 0 Å². The molecule has 0 atom stereocenters. The van der Waals surface area contributed by atoms with Crippen LogP contribution in [-0.2, 0) is 10.2 Å². The van der Waals surface area contributed by atoms with Crippen LogP contribution in [0.5, 0.6) is 0 Å². The number of carbonyl (C=O) groups is 1. The molecule has 98 valence electrons. The maximum Gasteiger partial charge on any atom is 0.314 e. The van der Waals surface area contributed by atoms with E-state index < -0.39 is 11.4 Å². The quantitative estimate of drug-likeness (QED) is 0.832. The third-order valence-electron chi connectivity index (χ3n) is 3.82. The molecule has 4 heteroatoms. The van der Waals surface area contributed by atoms with Crippen molar-refractivity contribution in [3.05, 3.63) is 28.2 Å². The van der Waals surface area contributed by atoms with Gasteiger partial charge in [0, 0.05) is 9.37 Å². The Morgan fingerprint density at radius 2 is 2.00 bits per heavy atom. The molecule has 2 rings (SSSR count). The minimum Gasteiger partial charge on any atom is -0.481 e. The average molecular weight is 329 g/mol. The summed E-state index contributed by atoms with van der Waals surface area (Å²) in [4.78, 5) is 12.9. The van der Waals surface area contributed by atoms with Gasteiger partial charge in [-0.05, 0) is 52.7 Å². The van der Waals surface area contributed by atoms with Gasteiger partial charge >= 0.3 is 5.97 Å². The Kier molecular flexibility index (Phi) is 4.38. The number of hydrogen-bond donors (Lipinski definition) is 1. The molecular formula is C14H17BrO2S. The molecule has 1 N–H and O–H groups in total. The molecule has 1 aliphatic rings. The molecule has 0 amide bonds. The highest BCUT2D eigenvalue weighted by Crippen LogP contribution is 2.41. The van der Waals surface area contributed by atoms with Gasteiger partial charge in [-0.25, -0.2) is 0 Å². The van der Waals surface area contributed by atoms with Crippen molar-refractivity contribution in [3.63, 3.8) is 0 Å². The molecule has 0 heterocycles. The van der Waals surface area contributed by atoms with E-state index in [1.54, 1.807) is 11.8 Å². The van der Waals surface area contributed by atoms with Crippen LogP contribution in [0.4, 0.5) is 0 Å². The highest BCUT2D eigenvalue weighted by atomic mass is 79.9. The van der Waals surface area contributed by atoms with Crippen molar-refractivity contribution >= 4 is 33.7 Å². The van der Waals surface area contributed by atoms with Crippen LogP contribution in [0.15, 0.2) is 27.6 Å². The first-order chi connectivity index (χ1) is 8.60. The molecule has 1 fully saturated rings. The van der Waals surface area contributed by atoms with Crippen molar-refractivity contribution in [2.45, 2.75) is 42.4 Å². The van der Waals surface area contributed by atoms with E-state index in [1.807, 2.05) is 24.5 Å². The summed E-state index contributed by atoms with van der Waals surface area (Å²) >= 11 is 5.20. The lowest BCUT2D eigenvalue weighted by molar-refractivity contribution is -0.145. The Labute approximate surface area is 120 Å². The molecule has 1 aliphatic carbocycles. The lowest BCUT2D eigenvalue weighted by atomic mass is 9.69. The van der Waals surface area contributed by atoms with E-state index in [1.165, 1.54) is 0 Å². The van der Waals surface area contributed by atoms with E-state index in [4.69, 9.17) is 0 Å². The largest absolute Gasteiger partial charge is 0.481 e. The van der Waals surface area contributed by atoms with Crippen LogP contribution in [0.1, 0.15) is 37.7 Å². The van der Waals surface area contributed by atoms with Gasteiger partial charge in [-0.1, -0.05) is 25.3 Å². The molecule has 1 saturated carbocycles. The van der Waals surface area contributed by atoms with Crippen LogP contribution in [-0.4, -0.2) is 17.3 Å².